The summed E-state index contributed by atoms with van der Waals surface area (Å²) in [5, 5.41) is 25.8. The highest BCUT2D eigenvalue weighted by atomic mass is 35.5. The molecule has 11 atom stereocenters. The summed E-state index contributed by atoms with van der Waals surface area (Å²) >= 11 is 7.24. The van der Waals surface area contributed by atoms with Gasteiger partial charge in [-0.1, -0.05) is 55.5 Å². The molecule has 2 saturated carbocycles. The molecule has 5 rings (SSSR count). The zero-order chi connectivity index (χ0) is 27.7. The van der Waals surface area contributed by atoms with Gasteiger partial charge in [0.15, 0.2) is 11.4 Å². The number of alkyl halides is 1. The van der Waals surface area contributed by atoms with Gasteiger partial charge in [-0.3, -0.25) is 14.4 Å². The van der Waals surface area contributed by atoms with Gasteiger partial charge in [0, 0.05) is 36.1 Å². The van der Waals surface area contributed by atoms with Crippen LogP contribution in [0.4, 0.5) is 0 Å². The van der Waals surface area contributed by atoms with Gasteiger partial charge >= 0.3 is 5.97 Å². The Kier molecular flexibility index (Phi) is 6.64. The van der Waals surface area contributed by atoms with Gasteiger partial charge in [0.05, 0.1) is 6.10 Å². The van der Waals surface area contributed by atoms with Crippen molar-refractivity contribution in [3.8, 4) is 0 Å². The van der Waals surface area contributed by atoms with Crippen molar-refractivity contribution in [1.82, 2.24) is 5.32 Å². The number of hydrogen-bond donors (Lipinski definition) is 3. The Hall–Kier alpha value is -2.48. The molecule has 1 aliphatic heterocycles. The molecule has 0 bridgehead atoms. The molecule has 1 aromatic rings. The van der Waals surface area contributed by atoms with E-state index in [1.54, 1.807) is 6.92 Å². The van der Waals surface area contributed by atoms with Crippen LogP contribution in [0.15, 0.2) is 54.1 Å². The first kappa shape index (κ1) is 27.1. The maximum Gasteiger partial charge on any atom is 0.302 e. The van der Waals surface area contributed by atoms with E-state index in [0.29, 0.717) is 12.8 Å². The normalized spacial score (nSPS) is 43.8. The summed E-state index contributed by atoms with van der Waals surface area (Å²) < 4.78 is 6.00. The number of ether oxygens (including phenoxy) is 1. The number of ketones is 1. The van der Waals surface area contributed by atoms with Crippen molar-refractivity contribution < 1.29 is 29.3 Å². The van der Waals surface area contributed by atoms with Gasteiger partial charge < -0.3 is 20.3 Å². The number of fused-ring (bicyclic) bond motifs is 1. The number of nitrogens with one attached hydrogen (secondary N) is 1. The lowest BCUT2D eigenvalue weighted by atomic mass is 9.45. The standard InChI is InChI=1S/C30H36ClNO6/c1-14-11-21-25(31)20-12-15(2)30(37,17(4)33)26(35)23(20)27(38-18(5)34)29(21)24(16(14)3)22(32-28(29)36)13-19-9-7-6-8-10-19/h6-11,15,20-27,35,37H,3,12-13H2,1-2,4-5H3,(H,32,36). The number of hydrogen-bond acceptors (Lipinski definition) is 6. The van der Waals surface area contributed by atoms with E-state index in [4.69, 9.17) is 16.3 Å². The lowest BCUT2D eigenvalue weighted by molar-refractivity contribution is -0.232. The van der Waals surface area contributed by atoms with Gasteiger partial charge in [-0.05, 0) is 49.7 Å². The van der Waals surface area contributed by atoms with Crippen LogP contribution in [0.3, 0.4) is 0 Å². The van der Waals surface area contributed by atoms with Crippen LogP contribution in [-0.4, -0.2) is 57.1 Å². The molecule has 3 aliphatic carbocycles. The Bertz CT molecular complexity index is 1210. The fourth-order valence-corrected chi connectivity index (χ4v) is 8.73. The van der Waals surface area contributed by atoms with Gasteiger partial charge in [-0.15, -0.1) is 11.6 Å². The topological polar surface area (TPSA) is 113 Å². The summed E-state index contributed by atoms with van der Waals surface area (Å²) in [6.45, 7) is 10.6. The summed E-state index contributed by atoms with van der Waals surface area (Å²) in [7, 11) is 0. The Balaban J connectivity index is 1.71. The van der Waals surface area contributed by atoms with Crippen molar-refractivity contribution >= 4 is 29.3 Å². The molecule has 4 aliphatic rings. The van der Waals surface area contributed by atoms with Crippen molar-refractivity contribution in [2.75, 3.05) is 0 Å². The predicted molar refractivity (Wildman–Crippen MR) is 142 cm³/mol. The molecule has 0 aromatic heterocycles. The molecule has 11 unspecified atom stereocenters. The highest BCUT2D eigenvalue weighted by Gasteiger charge is 2.75. The van der Waals surface area contributed by atoms with Crippen LogP contribution in [0.1, 0.15) is 39.7 Å². The Morgan fingerprint density at radius 1 is 1.24 bits per heavy atom. The maximum atomic E-state index is 14.3. The minimum absolute atomic E-state index is 0.314. The third-order valence-electron chi connectivity index (χ3n) is 9.90. The third-order valence-corrected chi connectivity index (χ3v) is 10.5. The smallest absolute Gasteiger partial charge is 0.302 e. The van der Waals surface area contributed by atoms with E-state index in [-0.39, 0.29) is 11.9 Å². The van der Waals surface area contributed by atoms with E-state index < -0.39 is 69.9 Å². The van der Waals surface area contributed by atoms with Gasteiger partial charge in [-0.2, -0.15) is 0 Å². The second-order valence-corrected chi connectivity index (χ2v) is 12.3. The molecule has 7 nitrogen and oxygen atoms in total. The van der Waals surface area contributed by atoms with Crippen LogP contribution in [-0.2, 0) is 25.5 Å². The number of allylic oxidation sites excluding steroid dienone is 2. The van der Waals surface area contributed by atoms with Crippen molar-refractivity contribution in [3.63, 3.8) is 0 Å². The predicted octanol–water partition coefficient (Wildman–Crippen LogP) is 2.97. The summed E-state index contributed by atoms with van der Waals surface area (Å²) in [4.78, 5) is 39.5. The maximum absolute atomic E-state index is 14.3. The molecule has 1 aromatic carbocycles. The van der Waals surface area contributed by atoms with Gasteiger partial charge in [-0.25, -0.2) is 0 Å². The summed E-state index contributed by atoms with van der Waals surface area (Å²) in [5.74, 6) is -4.38. The average Bonchev–Trinajstić information content (AvgIpc) is 3.14. The number of carbonyl (C=O) groups is 3. The Morgan fingerprint density at radius 2 is 1.89 bits per heavy atom. The molecule has 3 fully saturated rings. The number of halogens is 1. The highest BCUT2D eigenvalue weighted by Crippen LogP contribution is 2.65. The lowest BCUT2D eigenvalue weighted by Gasteiger charge is -2.62. The fourth-order valence-electron chi connectivity index (χ4n) is 8.18. The van der Waals surface area contributed by atoms with Crippen LogP contribution < -0.4 is 5.32 Å². The largest absolute Gasteiger partial charge is 0.461 e. The first-order chi connectivity index (χ1) is 17.9. The number of rotatable bonds is 4. The zero-order valence-corrected chi connectivity index (χ0v) is 22.9. The van der Waals surface area contributed by atoms with E-state index >= 15 is 0 Å². The number of esters is 1. The minimum Gasteiger partial charge on any atom is -0.461 e. The van der Waals surface area contributed by atoms with Crippen LogP contribution in [0.5, 0.6) is 0 Å². The summed E-state index contributed by atoms with van der Waals surface area (Å²) in [6, 6.07) is 9.44. The van der Waals surface area contributed by atoms with E-state index in [1.165, 1.54) is 13.8 Å². The van der Waals surface area contributed by atoms with Gasteiger partial charge in [0.25, 0.3) is 0 Å². The molecule has 1 heterocycles. The summed E-state index contributed by atoms with van der Waals surface area (Å²) in [5.41, 5.74) is -0.690. The molecule has 204 valence electrons. The molecule has 38 heavy (non-hydrogen) atoms. The van der Waals surface area contributed by atoms with Crippen molar-refractivity contribution in [2.24, 2.45) is 35.0 Å². The Labute approximate surface area is 228 Å². The van der Waals surface area contributed by atoms with Gasteiger partial charge in [0.2, 0.25) is 5.91 Å². The second-order valence-electron chi connectivity index (χ2n) is 11.8. The molecule has 8 heteroatoms. The summed E-state index contributed by atoms with van der Waals surface area (Å²) in [6.07, 6.45) is 0.144. The van der Waals surface area contributed by atoms with E-state index in [0.717, 1.165) is 16.7 Å². The molecule has 1 amide bonds. The number of benzene rings is 1. The third kappa shape index (κ3) is 3.58. The average molecular weight is 542 g/mol. The number of carbonyl (C=O) groups excluding carboxylic acids is 3. The van der Waals surface area contributed by atoms with E-state index in [9.17, 15) is 24.6 Å². The van der Waals surface area contributed by atoms with Crippen molar-refractivity contribution in [1.29, 1.82) is 0 Å². The number of Topliss-reactive ketones (excluding diaryl/α,β-unsaturated/α-hetero) is 1. The lowest BCUT2D eigenvalue weighted by Crippen LogP contribution is -2.73. The second kappa shape index (κ2) is 9.32. The zero-order valence-electron chi connectivity index (χ0n) is 22.2. The van der Waals surface area contributed by atoms with Crippen LogP contribution in [0.2, 0.25) is 0 Å². The molecule has 0 radical (unpaired) electrons. The Morgan fingerprint density at radius 3 is 2.50 bits per heavy atom. The van der Waals surface area contributed by atoms with Gasteiger partial charge in [0.1, 0.15) is 11.5 Å². The monoisotopic (exact) mass is 541 g/mol. The first-order valence-corrected chi connectivity index (χ1v) is 13.8. The SMILES string of the molecule is C=C1C(C)=CC2C(Cl)C3CC(C)C(O)(C(C)=O)C(O)C3C(OC(C)=O)C23C(=O)NC(Cc2ccccc2)C13. The number of amides is 1. The minimum atomic E-state index is -2.05. The molecular weight excluding hydrogens is 506 g/mol. The van der Waals surface area contributed by atoms with Crippen molar-refractivity contribution in [2.45, 2.75) is 69.8 Å². The van der Waals surface area contributed by atoms with Crippen LogP contribution >= 0.6 is 11.6 Å². The fraction of sp³-hybridized carbons (Fsp3) is 0.567. The van der Waals surface area contributed by atoms with Crippen molar-refractivity contribution in [3.05, 3.63) is 59.7 Å². The van der Waals surface area contributed by atoms with Crippen LogP contribution in [0, 0.1) is 35.0 Å². The van der Waals surface area contributed by atoms with E-state index in [2.05, 4.69) is 11.9 Å². The van der Waals surface area contributed by atoms with E-state index in [1.807, 2.05) is 43.3 Å². The first-order valence-electron chi connectivity index (χ1n) is 13.3. The molecule has 1 spiro atoms. The quantitative estimate of drug-likeness (QED) is 0.399. The molecule has 1 saturated heterocycles. The van der Waals surface area contributed by atoms with Crippen LogP contribution in [0.25, 0.3) is 0 Å². The number of aliphatic hydroxyl groups is 2. The number of aliphatic hydroxyl groups excluding tert-OH is 1. The molecule has 3 N–H and O–H groups in total. The highest BCUT2D eigenvalue weighted by molar-refractivity contribution is 6.21. The molecular formula is C30H36ClNO6.